The van der Waals surface area contributed by atoms with Crippen LogP contribution in [0.3, 0.4) is 0 Å². The molecular weight excluding hydrogens is 279 g/mol. The quantitative estimate of drug-likeness (QED) is 0.521. The van der Waals surface area contributed by atoms with Crippen LogP contribution < -0.4 is 0 Å². The average molecular weight is 294 g/mol. The Labute approximate surface area is 106 Å². The first-order chi connectivity index (χ1) is 8.22. The van der Waals surface area contributed by atoms with Gasteiger partial charge in [0.25, 0.3) is 12.3 Å². The highest BCUT2D eigenvalue weighted by Gasteiger charge is 2.45. The molecule has 0 fully saturated rings. The van der Waals surface area contributed by atoms with E-state index < -0.39 is 36.2 Å². The predicted molar refractivity (Wildman–Crippen MR) is 59.3 cm³/mol. The van der Waals surface area contributed by atoms with Gasteiger partial charge in [0.05, 0.1) is 0 Å². The SMILES string of the molecule is CCC(SCCCC(F)(F)C(F)C(F)F)C(=O)O. The van der Waals surface area contributed by atoms with Crippen molar-refractivity contribution in [2.24, 2.45) is 0 Å². The van der Waals surface area contributed by atoms with Crippen molar-refractivity contribution in [1.82, 2.24) is 0 Å². The van der Waals surface area contributed by atoms with Crippen LogP contribution >= 0.6 is 11.8 Å². The zero-order valence-corrected chi connectivity index (χ0v) is 10.5. The van der Waals surface area contributed by atoms with Crippen LogP contribution in [-0.4, -0.2) is 40.6 Å². The maximum Gasteiger partial charge on any atom is 0.316 e. The molecule has 0 spiro atoms. The molecule has 0 radical (unpaired) electrons. The first-order valence-corrected chi connectivity index (χ1v) is 6.41. The second-order valence-corrected chi connectivity index (χ2v) is 5.02. The van der Waals surface area contributed by atoms with Crippen molar-refractivity contribution in [1.29, 1.82) is 0 Å². The summed E-state index contributed by atoms with van der Waals surface area (Å²) in [7, 11) is 0. The minimum Gasteiger partial charge on any atom is -0.480 e. The van der Waals surface area contributed by atoms with Gasteiger partial charge >= 0.3 is 5.97 Å². The molecule has 2 unspecified atom stereocenters. The molecule has 0 aliphatic heterocycles. The van der Waals surface area contributed by atoms with Crippen LogP contribution in [0, 0.1) is 0 Å². The number of thioether (sulfide) groups is 1. The Kier molecular flexibility index (Phi) is 7.58. The lowest BCUT2D eigenvalue weighted by atomic mass is 10.1. The molecule has 2 atom stereocenters. The van der Waals surface area contributed by atoms with Gasteiger partial charge in [-0.3, -0.25) is 4.79 Å². The second kappa shape index (κ2) is 7.81. The fourth-order valence-corrected chi connectivity index (χ4v) is 2.19. The van der Waals surface area contributed by atoms with Crippen LogP contribution in [-0.2, 0) is 4.79 Å². The van der Waals surface area contributed by atoms with Crippen LogP contribution in [0.4, 0.5) is 22.0 Å². The molecule has 0 aromatic carbocycles. The van der Waals surface area contributed by atoms with Crippen LogP contribution in [0.25, 0.3) is 0 Å². The fraction of sp³-hybridized carbons (Fsp3) is 0.900. The number of rotatable bonds is 9. The molecule has 8 heteroatoms. The molecule has 0 rings (SSSR count). The van der Waals surface area contributed by atoms with E-state index in [2.05, 4.69) is 0 Å². The normalized spacial score (nSPS) is 15.7. The molecule has 0 heterocycles. The third kappa shape index (κ3) is 5.88. The molecule has 0 bridgehead atoms. The molecule has 0 aromatic heterocycles. The van der Waals surface area contributed by atoms with E-state index in [4.69, 9.17) is 5.11 Å². The zero-order chi connectivity index (χ0) is 14.3. The fourth-order valence-electron chi connectivity index (χ4n) is 1.22. The summed E-state index contributed by atoms with van der Waals surface area (Å²) < 4.78 is 61.8. The average Bonchev–Trinajstić information content (AvgIpc) is 2.27. The third-order valence-electron chi connectivity index (χ3n) is 2.24. The summed E-state index contributed by atoms with van der Waals surface area (Å²) in [6.07, 6.45) is -8.08. The molecule has 0 aliphatic carbocycles. The number of carbonyl (C=O) groups is 1. The van der Waals surface area contributed by atoms with Crippen molar-refractivity contribution in [2.45, 2.75) is 50.0 Å². The van der Waals surface area contributed by atoms with E-state index in [0.717, 1.165) is 11.8 Å². The van der Waals surface area contributed by atoms with Crippen molar-refractivity contribution in [3.8, 4) is 0 Å². The molecule has 2 nitrogen and oxygen atoms in total. The Balaban J connectivity index is 4.00. The summed E-state index contributed by atoms with van der Waals surface area (Å²) in [6.45, 7) is 1.63. The molecule has 0 aliphatic rings. The number of aliphatic carboxylic acids is 1. The Morgan fingerprint density at radius 1 is 1.33 bits per heavy atom. The van der Waals surface area contributed by atoms with Gasteiger partial charge in [-0.15, -0.1) is 11.8 Å². The maximum atomic E-state index is 12.9. The summed E-state index contributed by atoms with van der Waals surface area (Å²) >= 11 is 0.948. The molecule has 0 aromatic rings. The smallest absolute Gasteiger partial charge is 0.316 e. The Morgan fingerprint density at radius 3 is 2.28 bits per heavy atom. The number of hydrogen-bond donors (Lipinski definition) is 1. The summed E-state index contributed by atoms with van der Waals surface area (Å²) in [5.74, 6) is -5.05. The third-order valence-corrected chi connectivity index (χ3v) is 3.71. The summed E-state index contributed by atoms with van der Waals surface area (Å²) in [4.78, 5) is 10.6. The lowest BCUT2D eigenvalue weighted by molar-refractivity contribution is -0.136. The molecule has 0 saturated carbocycles. The topological polar surface area (TPSA) is 37.3 Å². The molecular formula is C10H15F5O2S. The monoisotopic (exact) mass is 294 g/mol. The number of carboxylic acids is 1. The molecule has 18 heavy (non-hydrogen) atoms. The van der Waals surface area contributed by atoms with Crippen molar-refractivity contribution < 1.29 is 31.9 Å². The van der Waals surface area contributed by atoms with Gasteiger partial charge in [0.1, 0.15) is 5.25 Å². The predicted octanol–water partition coefficient (Wildman–Crippen LogP) is 3.60. The van der Waals surface area contributed by atoms with Gasteiger partial charge in [0.2, 0.25) is 6.17 Å². The van der Waals surface area contributed by atoms with E-state index in [-0.39, 0.29) is 12.2 Å². The molecule has 1 N–H and O–H groups in total. The first kappa shape index (κ1) is 17.5. The van der Waals surface area contributed by atoms with E-state index in [1.807, 2.05) is 0 Å². The first-order valence-electron chi connectivity index (χ1n) is 5.36. The Hall–Kier alpha value is -0.530. The van der Waals surface area contributed by atoms with E-state index >= 15 is 0 Å². The second-order valence-electron chi connectivity index (χ2n) is 3.71. The Morgan fingerprint density at radius 2 is 1.89 bits per heavy atom. The number of hydrogen-bond acceptors (Lipinski definition) is 2. The van der Waals surface area contributed by atoms with E-state index in [0.29, 0.717) is 6.42 Å². The van der Waals surface area contributed by atoms with Gasteiger partial charge in [-0.05, 0) is 18.6 Å². The van der Waals surface area contributed by atoms with Gasteiger partial charge in [-0.1, -0.05) is 6.92 Å². The minimum atomic E-state index is -4.07. The van der Waals surface area contributed by atoms with Gasteiger partial charge in [0, 0.05) is 6.42 Å². The standard InChI is InChI=1S/C10H15F5O2S/c1-2-6(9(16)17)18-5-3-4-10(14,15)7(11)8(12)13/h6-8H,2-5H2,1H3,(H,16,17). The number of alkyl halides is 5. The zero-order valence-electron chi connectivity index (χ0n) is 9.71. The highest BCUT2D eigenvalue weighted by Crippen LogP contribution is 2.31. The van der Waals surface area contributed by atoms with Gasteiger partial charge in [0.15, 0.2) is 0 Å². The van der Waals surface area contributed by atoms with Crippen LogP contribution in [0.5, 0.6) is 0 Å². The lowest BCUT2D eigenvalue weighted by Gasteiger charge is -2.20. The van der Waals surface area contributed by atoms with E-state index in [9.17, 15) is 26.7 Å². The van der Waals surface area contributed by atoms with Crippen LogP contribution in [0.15, 0.2) is 0 Å². The van der Waals surface area contributed by atoms with Crippen LogP contribution in [0.1, 0.15) is 26.2 Å². The number of carboxylic acid groups (broad SMARTS) is 1. The minimum absolute atomic E-state index is 0.0658. The van der Waals surface area contributed by atoms with E-state index in [1.54, 1.807) is 6.92 Å². The van der Waals surface area contributed by atoms with Crippen molar-refractivity contribution >= 4 is 17.7 Å². The summed E-state index contributed by atoms with van der Waals surface area (Å²) in [5, 5.41) is 7.95. The van der Waals surface area contributed by atoms with Gasteiger partial charge in [-0.25, -0.2) is 22.0 Å². The molecule has 108 valence electrons. The summed E-state index contributed by atoms with van der Waals surface area (Å²) in [6, 6.07) is 0. The highest BCUT2D eigenvalue weighted by atomic mass is 32.2. The van der Waals surface area contributed by atoms with Crippen molar-refractivity contribution in [2.75, 3.05) is 5.75 Å². The van der Waals surface area contributed by atoms with Crippen molar-refractivity contribution in [3.05, 3.63) is 0 Å². The number of halogens is 5. The van der Waals surface area contributed by atoms with E-state index in [1.165, 1.54) is 0 Å². The highest BCUT2D eigenvalue weighted by molar-refractivity contribution is 8.00. The largest absolute Gasteiger partial charge is 0.480 e. The van der Waals surface area contributed by atoms with Crippen LogP contribution in [0.2, 0.25) is 0 Å². The van der Waals surface area contributed by atoms with Gasteiger partial charge < -0.3 is 5.11 Å². The van der Waals surface area contributed by atoms with Gasteiger partial charge in [-0.2, -0.15) is 0 Å². The lowest BCUT2D eigenvalue weighted by Crippen LogP contribution is -2.35. The summed E-state index contributed by atoms with van der Waals surface area (Å²) in [5.41, 5.74) is 0. The Bertz CT molecular complexity index is 263. The molecule has 0 saturated heterocycles. The maximum absolute atomic E-state index is 12.9. The van der Waals surface area contributed by atoms with Crippen molar-refractivity contribution in [3.63, 3.8) is 0 Å². The molecule has 0 amide bonds.